The van der Waals surface area contributed by atoms with Gasteiger partial charge in [0, 0.05) is 44.3 Å². The van der Waals surface area contributed by atoms with E-state index in [4.69, 9.17) is 4.74 Å². The lowest BCUT2D eigenvalue weighted by molar-refractivity contribution is 0.113. The molecule has 5 heteroatoms. The molecule has 0 saturated carbocycles. The van der Waals surface area contributed by atoms with Crippen molar-refractivity contribution in [2.45, 2.75) is 37.5 Å². The molecule has 2 unspecified atom stereocenters. The molecule has 0 aliphatic carbocycles. The van der Waals surface area contributed by atoms with Gasteiger partial charge in [0.2, 0.25) is 0 Å². The zero-order valence-corrected chi connectivity index (χ0v) is 12.3. The Morgan fingerprint density at radius 1 is 1.56 bits per heavy atom. The number of guanidine groups is 1. The minimum absolute atomic E-state index is 0.378. The highest BCUT2D eigenvalue weighted by Crippen LogP contribution is 2.21. The first-order valence-electron chi connectivity index (χ1n) is 7.02. The van der Waals surface area contributed by atoms with Crippen LogP contribution in [0.3, 0.4) is 0 Å². The van der Waals surface area contributed by atoms with Crippen LogP contribution >= 0.6 is 11.8 Å². The molecule has 2 fully saturated rings. The molecule has 2 aliphatic heterocycles. The molecule has 2 heterocycles. The van der Waals surface area contributed by atoms with E-state index in [1.54, 1.807) is 0 Å². The van der Waals surface area contributed by atoms with E-state index in [1.807, 2.05) is 7.05 Å². The normalized spacial score (nSPS) is 29.7. The van der Waals surface area contributed by atoms with Gasteiger partial charge in [0.05, 0.1) is 6.10 Å². The van der Waals surface area contributed by atoms with Crippen LogP contribution in [0.25, 0.3) is 0 Å². The number of nitrogens with one attached hydrogen (secondary N) is 1. The van der Waals surface area contributed by atoms with Crippen LogP contribution in [0.15, 0.2) is 4.99 Å². The van der Waals surface area contributed by atoms with Crippen LogP contribution in [0.5, 0.6) is 0 Å². The summed E-state index contributed by atoms with van der Waals surface area (Å²) in [5.74, 6) is 2.25. The largest absolute Gasteiger partial charge is 0.376 e. The molecule has 4 nitrogen and oxygen atoms in total. The second-order valence-electron chi connectivity index (χ2n) is 4.91. The molecule has 18 heavy (non-hydrogen) atoms. The van der Waals surface area contributed by atoms with Crippen LogP contribution in [0.2, 0.25) is 0 Å². The topological polar surface area (TPSA) is 36.9 Å². The molecular weight excluding hydrogens is 246 g/mol. The van der Waals surface area contributed by atoms with E-state index in [0.717, 1.165) is 37.5 Å². The van der Waals surface area contributed by atoms with Crippen molar-refractivity contribution in [3.8, 4) is 0 Å². The van der Waals surface area contributed by atoms with Gasteiger partial charge in [-0.05, 0) is 19.3 Å². The van der Waals surface area contributed by atoms with Gasteiger partial charge >= 0.3 is 0 Å². The van der Waals surface area contributed by atoms with Crippen LogP contribution in [0.1, 0.15) is 26.2 Å². The fourth-order valence-corrected chi connectivity index (χ4v) is 3.68. The number of hydrogen-bond acceptors (Lipinski definition) is 3. The lowest BCUT2D eigenvalue weighted by Crippen LogP contribution is -2.49. The Hall–Kier alpha value is -0.420. The summed E-state index contributed by atoms with van der Waals surface area (Å²) < 4.78 is 5.64. The first-order chi connectivity index (χ1) is 8.83. The summed E-state index contributed by atoms with van der Waals surface area (Å²) in [5, 5.41) is 4.22. The maximum atomic E-state index is 5.64. The number of thioether (sulfide) groups is 1. The van der Waals surface area contributed by atoms with Gasteiger partial charge in [-0.2, -0.15) is 11.8 Å². The summed E-state index contributed by atoms with van der Waals surface area (Å²) >= 11 is 2.09. The lowest BCUT2D eigenvalue weighted by Gasteiger charge is -2.34. The van der Waals surface area contributed by atoms with E-state index in [9.17, 15) is 0 Å². The van der Waals surface area contributed by atoms with E-state index < -0.39 is 0 Å². The first-order valence-corrected chi connectivity index (χ1v) is 8.07. The Morgan fingerprint density at radius 2 is 2.44 bits per heavy atom. The van der Waals surface area contributed by atoms with Crippen molar-refractivity contribution in [1.82, 2.24) is 10.2 Å². The molecule has 2 atom stereocenters. The Morgan fingerprint density at radius 3 is 3.11 bits per heavy atom. The molecule has 0 aromatic heterocycles. The number of ether oxygens (including phenoxy) is 1. The molecule has 0 radical (unpaired) electrons. The first kappa shape index (κ1) is 14.0. The molecule has 0 spiro atoms. The maximum absolute atomic E-state index is 5.64. The van der Waals surface area contributed by atoms with Crippen molar-refractivity contribution >= 4 is 17.7 Å². The van der Waals surface area contributed by atoms with E-state index in [2.05, 4.69) is 33.9 Å². The lowest BCUT2D eigenvalue weighted by atomic mass is 10.2. The van der Waals surface area contributed by atoms with Gasteiger partial charge < -0.3 is 15.0 Å². The van der Waals surface area contributed by atoms with Crippen LogP contribution in [0.4, 0.5) is 0 Å². The molecule has 1 N–H and O–H groups in total. The molecule has 2 saturated heterocycles. The summed E-state index contributed by atoms with van der Waals surface area (Å²) in [7, 11) is 1.88. The fourth-order valence-electron chi connectivity index (χ4n) is 2.50. The van der Waals surface area contributed by atoms with Crippen LogP contribution in [-0.2, 0) is 4.74 Å². The highest BCUT2D eigenvalue weighted by Gasteiger charge is 2.22. The molecule has 2 rings (SSSR count). The van der Waals surface area contributed by atoms with Crippen molar-refractivity contribution in [3.63, 3.8) is 0 Å². The summed E-state index contributed by atoms with van der Waals surface area (Å²) in [6.45, 7) is 6.30. The Labute approximate surface area is 115 Å². The highest BCUT2D eigenvalue weighted by molar-refractivity contribution is 8.00. The van der Waals surface area contributed by atoms with Crippen LogP contribution in [0, 0.1) is 0 Å². The van der Waals surface area contributed by atoms with Gasteiger partial charge in [-0.15, -0.1) is 0 Å². The quantitative estimate of drug-likeness (QED) is 0.624. The molecular formula is C13H25N3OS. The molecule has 2 aliphatic rings. The summed E-state index contributed by atoms with van der Waals surface area (Å²) in [6, 6.07) is 0. The van der Waals surface area contributed by atoms with Gasteiger partial charge in [-0.1, -0.05) is 6.92 Å². The predicted octanol–water partition coefficient (Wildman–Crippen LogP) is 1.57. The van der Waals surface area contributed by atoms with Crippen molar-refractivity contribution in [3.05, 3.63) is 0 Å². The summed E-state index contributed by atoms with van der Waals surface area (Å²) in [4.78, 5) is 6.80. The minimum Gasteiger partial charge on any atom is -0.376 e. The third-order valence-corrected chi connectivity index (χ3v) is 4.99. The Bertz CT molecular complexity index is 279. The van der Waals surface area contributed by atoms with Gasteiger partial charge in [0.15, 0.2) is 5.96 Å². The molecule has 104 valence electrons. The van der Waals surface area contributed by atoms with Gasteiger partial charge in [0.25, 0.3) is 0 Å². The van der Waals surface area contributed by atoms with Crippen LogP contribution in [-0.4, -0.2) is 61.3 Å². The van der Waals surface area contributed by atoms with Crippen molar-refractivity contribution in [1.29, 1.82) is 0 Å². The summed E-state index contributed by atoms with van der Waals surface area (Å²) in [6.07, 6.45) is 3.99. The molecule has 0 bridgehead atoms. The minimum atomic E-state index is 0.378. The maximum Gasteiger partial charge on any atom is 0.193 e. The van der Waals surface area contributed by atoms with Gasteiger partial charge in [-0.3, -0.25) is 4.99 Å². The highest BCUT2D eigenvalue weighted by atomic mass is 32.2. The number of hydrogen-bond donors (Lipinski definition) is 1. The zero-order valence-electron chi connectivity index (χ0n) is 11.5. The van der Waals surface area contributed by atoms with Crippen molar-refractivity contribution in [2.24, 2.45) is 4.99 Å². The molecule has 0 aromatic carbocycles. The smallest absolute Gasteiger partial charge is 0.193 e. The molecule has 0 aromatic rings. The number of rotatable bonds is 3. The summed E-state index contributed by atoms with van der Waals surface area (Å²) in [5.41, 5.74) is 0. The fraction of sp³-hybridized carbons (Fsp3) is 0.923. The predicted molar refractivity (Wildman–Crippen MR) is 78.4 cm³/mol. The van der Waals surface area contributed by atoms with E-state index in [-0.39, 0.29) is 0 Å². The van der Waals surface area contributed by atoms with E-state index in [1.165, 1.54) is 25.0 Å². The standard InChI is InChI=1S/C13H25N3OS/c1-3-12-10-16(6-8-18-12)13(14-2)15-9-11-5-4-7-17-11/h11-12H,3-10H2,1-2H3,(H,14,15). The Kier molecular flexibility index (Phi) is 5.63. The Balaban J connectivity index is 1.80. The molecule has 0 amide bonds. The number of aliphatic imine (C=N–C) groups is 1. The zero-order chi connectivity index (χ0) is 12.8. The third-order valence-electron chi connectivity index (χ3n) is 3.62. The van der Waals surface area contributed by atoms with E-state index in [0.29, 0.717) is 6.10 Å². The van der Waals surface area contributed by atoms with Gasteiger partial charge in [0.1, 0.15) is 0 Å². The van der Waals surface area contributed by atoms with Crippen molar-refractivity contribution < 1.29 is 4.74 Å². The van der Waals surface area contributed by atoms with Gasteiger partial charge in [-0.25, -0.2) is 0 Å². The van der Waals surface area contributed by atoms with Crippen LogP contribution < -0.4 is 5.32 Å². The SMILES string of the molecule is CCC1CN(C(=NC)NCC2CCCO2)CCS1. The van der Waals surface area contributed by atoms with Crippen molar-refractivity contribution in [2.75, 3.05) is 39.0 Å². The average Bonchev–Trinajstić information content (AvgIpc) is 2.93. The monoisotopic (exact) mass is 271 g/mol. The number of nitrogens with zero attached hydrogens (tertiary/aromatic N) is 2. The third kappa shape index (κ3) is 3.79. The van der Waals surface area contributed by atoms with E-state index >= 15 is 0 Å². The average molecular weight is 271 g/mol. The second kappa shape index (κ2) is 7.24. The second-order valence-corrected chi connectivity index (χ2v) is 6.32.